The van der Waals surface area contributed by atoms with Crippen molar-refractivity contribution in [3.63, 3.8) is 0 Å². The number of methoxy groups -OCH3 is 2. The summed E-state index contributed by atoms with van der Waals surface area (Å²) < 4.78 is 11.7. The minimum absolute atomic E-state index is 0.250. The summed E-state index contributed by atoms with van der Waals surface area (Å²) in [6, 6.07) is 21.1. The van der Waals surface area contributed by atoms with E-state index in [9.17, 15) is 4.79 Å². The van der Waals surface area contributed by atoms with E-state index in [0.29, 0.717) is 22.7 Å². The minimum Gasteiger partial charge on any atom is -0.497 e. The Balaban J connectivity index is 1.47. The molecule has 4 rings (SSSR count). The molecule has 0 unspecified atom stereocenters. The molecule has 1 heterocycles. The Morgan fingerprint density at radius 3 is 2.52 bits per heavy atom. The fourth-order valence-electron chi connectivity index (χ4n) is 3.07. The summed E-state index contributed by atoms with van der Waals surface area (Å²) in [6.07, 6.45) is 0.761. The molecule has 0 aliphatic carbocycles. The van der Waals surface area contributed by atoms with E-state index >= 15 is 0 Å². The zero-order chi connectivity index (χ0) is 20.2. The van der Waals surface area contributed by atoms with Crippen molar-refractivity contribution < 1.29 is 14.3 Å². The first-order valence-corrected chi connectivity index (χ1v) is 9.94. The summed E-state index contributed by atoms with van der Waals surface area (Å²) >= 11 is 1.71. The van der Waals surface area contributed by atoms with Gasteiger partial charge >= 0.3 is 0 Å². The Hall–Kier alpha value is -3.38. The Morgan fingerprint density at radius 1 is 1.00 bits per heavy atom. The number of amides is 1. The molecule has 3 aromatic carbocycles. The number of nitrogens with one attached hydrogen (secondary N) is 1. The third-order valence-electron chi connectivity index (χ3n) is 4.56. The van der Waals surface area contributed by atoms with Crippen molar-refractivity contribution in [3.8, 4) is 11.5 Å². The van der Waals surface area contributed by atoms with Crippen LogP contribution in [0.1, 0.15) is 20.9 Å². The highest BCUT2D eigenvalue weighted by Crippen LogP contribution is 2.26. The van der Waals surface area contributed by atoms with Gasteiger partial charge in [-0.1, -0.05) is 24.3 Å². The van der Waals surface area contributed by atoms with Crippen LogP contribution in [-0.2, 0) is 6.42 Å². The molecule has 29 heavy (non-hydrogen) atoms. The molecule has 5 nitrogen and oxygen atoms in total. The second-order valence-corrected chi connectivity index (χ2v) is 7.58. The van der Waals surface area contributed by atoms with Gasteiger partial charge < -0.3 is 14.8 Å². The number of para-hydroxylation sites is 1. The van der Waals surface area contributed by atoms with E-state index in [1.165, 1.54) is 11.8 Å². The zero-order valence-electron chi connectivity index (χ0n) is 16.1. The van der Waals surface area contributed by atoms with Crippen molar-refractivity contribution in [1.82, 2.24) is 4.98 Å². The highest BCUT2D eigenvalue weighted by molar-refractivity contribution is 7.18. The first-order chi connectivity index (χ1) is 14.2. The number of hydrogen-bond donors (Lipinski definition) is 1. The van der Waals surface area contributed by atoms with Gasteiger partial charge in [0.2, 0.25) is 0 Å². The maximum absolute atomic E-state index is 12.7. The fourth-order valence-corrected chi connectivity index (χ4v) is 4.07. The molecule has 1 aromatic heterocycles. The highest BCUT2D eigenvalue weighted by atomic mass is 32.1. The van der Waals surface area contributed by atoms with Gasteiger partial charge in [0.05, 0.1) is 35.0 Å². The first kappa shape index (κ1) is 19.0. The van der Waals surface area contributed by atoms with E-state index in [1.807, 2.05) is 42.5 Å². The number of aromatic nitrogens is 1. The number of anilines is 1. The van der Waals surface area contributed by atoms with Gasteiger partial charge in [0, 0.05) is 12.1 Å². The molecule has 0 aliphatic rings. The summed E-state index contributed by atoms with van der Waals surface area (Å²) in [5.41, 5.74) is 3.31. The van der Waals surface area contributed by atoms with Crippen molar-refractivity contribution in [1.29, 1.82) is 0 Å². The molecular weight excluding hydrogens is 384 g/mol. The standard InChI is InChI=1S/C23H20N2O3S/c1-27-17-11-12-20(28-2)18(14-17)23(26)24-16-9-7-15(8-10-16)13-22-25-19-5-3-4-6-21(19)29-22/h3-12,14H,13H2,1-2H3,(H,24,26). The number of ether oxygens (including phenoxy) is 2. The van der Waals surface area contributed by atoms with Crippen molar-refractivity contribution in [2.24, 2.45) is 0 Å². The maximum Gasteiger partial charge on any atom is 0.259 e. The molecule has 6 heteroatoms. The number of hydrogen-bond acceptors (Lipinski definition) is 5. The van der Waals surface area contributed by atoms with E-state index < -0.39 is 0 Å². The lowest BCUT2D eigenvalue weighted by Crippen LogP contribution is -2.13. The molecule has 146 valence electrons. The van der Waals surface area contributed by atoms with E-state index in [1.54, 1.807) is 36.6 Å². The lowest BCUT2D eigenvalue weighted by molar-refractivity contribution is 0.102. The van der Waals surface area contributed by atoms with Gasteiger partial charge in [0.1, 0.15) is 11.5 Å². The van der Waals surface area contributed by atoms with E-state index in [0.717, 1.165) is 22.5 Å². The molecule has 0 aliphatic heterocycles. The van der Waals surface area contributed by atoms with Crippen LogP contribution in [0.25, 0.3) is 10.2 Å². The van der Waals surface area contributed by atoms with Gasteiger partial charge in [0.15, 0.2) is 0 Å². The second-order valence-electron chi connectivity index (χ2n) is 6.47. The van der Waals surface area contributed by atoms with E-state index in [2.05, 4.69) is 16.4 Å². The van der Waals surface area contributed by atoms with Crippen LogP contribution in [0.5, 0.6) is 11.5 Å². The van der Waals surface area contributed by atoms with Crippen LogP contribution in [0.2, 0.25) is 0 Å². The van der Waals surface area contributed by atoms with E-state index in [-0.39, 0.29) is 5.91 Å². The third kappa shape index (κ3) is 4.22. The van der Waals surface area contributed by atoms with Crippen LogP contribution in [0.3, 0.4) is 0 Å². The van der Waals surface area contributed by atoms with Crippen molar-refractivity contribution in [2.45, 2.75) is 6.42 Å². The number of rotatable bonds is 6. The molecule has 0 radical (unpaired) electrons. The van der Waals surface area contributed by atoms with Crippen LogP contribution in [0.4, 0.5) is 5.69 Å². The molecule has 1 amide bonds. The highest BCUT2D eigenvalue weighted by Gasteiger charge is 2.14. The predicted molar refractivity (Wildman–Crippen MR) is 116 cm³/mol. The maximum atomic E-state index is 12.7. The van der Waals surface area contributed by atoms with Crippen molar-refractivity contribution in [2.75, 3.05) is 19.5 Å². The summed E-state index contributed by atoms with van der Waals surface area (Å²) in [5.74, 6) is 0.845. The SMILES string of the molecule is COc1ccc(OC)c(C(=O)Nc2ccc(Cc3nc4ccccc4s3)cc2)c1. The number of thiazole rings is 1. The fraction of sp³-hybridized carbons (Fsp3) is 0.130. The molecule has 0 fully saturated rings. The van der Waals surface area contributed by atoms with Crippen LogP contribution in [-0.4, -0.2) is 25.1 Å². The molecule has 0 saturated heterocycles. The molecular formula is C23H20N2O3S. The van der Waals surface area contributed by atoms with Gasteiger partial charge in [-0.25, -0.2) is 4.98 Å². The summed E-state index contributed by atoms with van der Waals surface area (Å²) in [6.45, 7) is 0. The van der Waals surface area contributed by atoms with Crippen LogP contribution in [0, 0.1) is 0 Å². The lowest BCUT2D eigenvalue weighted by Gasteiger charge is -2.11. The monoisotopic (exact) mass is 404 g/mol. The number of fused-ring (bicyclic) bond motifs is 1. The van der Waals surface area contributed by atoms with Crippen LogP contribution >= 0.6 is 11.3 Å². The minimum atomic E-state index is -0.250. The van der Waals surface area contributed by atoms with Crippen molar-refractivity contribution in [3.05, 3.63) is 82.9 Å². The smallest absolute Gasteiger partial charge is 0.259 e. The molecule has 0 spiro atoms. The summed E-state index contributed by atoms with van der Waals surface area (Å²) in [7, 11) is 3.10. The zero-order valence-corrected chi connectivity index (χ0v) is 17.0. The second kappa shape index (κ2) is 8.32. The average molecular weight is 404 g/mol. The first-order valence-electron chi connectivity index (χ1n) is 9.13. The Bertz CT molecular complexity index is 1120. The third-order valence-corrected chi connectivity index (χ3v) is 5.59. The quantitative estimate of drug-likeness (QED) is 0.482. The molecule has 0 bridgehead atoms. The van der Waals surface area contributed by atoms with Crippen LogP contribution in [0.15, 0.2) is 66.7 Å². The molecule has 0 atom stereocenters. The van der Waals surface area contributed by atoms with Gasteiger partial charge in [-0.05, 0) is 48.0 Å². The van der Waals surface area contributed by atoms with Crippen LogP contribution < -0.4 is 14.8 Å². The molecule has 4 aromatic rings. The van der Waals surface area contributed by atoms with E-state index in [4.69, 9.17) is 9.47 Å². The van der Waals surface area contributed by atoms with Gasteiger partial charge in [-0.3, -0.25) is 4.79 Å². The summed E-state index contributed by atoms with van der Waals surface area (Å²) in [4.78, 5) is 17.4. The molecule has 1 N–H and O–H groups in total. The lowest BCUT2D eigenvalue weighted by atomic mass is 10.1. The molecule has 0 saturated carbocycles. The normalized spacial score (nSPS) is 10.7. The average Bonchev–Trinajstić information content (AvgIpc) is 3.17. The number of carbonyl (C=O) groups is 1. The predicted octanol–water partition coefficient (Wildman–Crippen LogP) is 5.16. The van der Waals surface area contributed by atoms with Gasteiger partial charge in [0.25, 0.3) is 5.91 Å². The Labute approximate surface area is 172 Å². The summed E-state index contributed by atoms with van der Waals surface area (Å²) in [5, 5.41) is 3.98. The number of carbonyl (C=O) groups excluding carboxylic acids is 1. The largest absolute Gasteiger partial charge is 0.497 e. The topological polar surface area (TPSA) is 60.5 Å². The number of benzene rings is 3. The Kier molecular flexibility index (Phi) is 5.44. The van der Waals surface area contributed by atoms with Gasteiger partial charge in [-0.15, -0.1) is 11.3 Å². The Morgan fingerprint density at radius 2 is 1.79 bits per heavy atom. The number of nitrogens with zero attached hydrogens (tertiary/aromatic N) is 1. The van der Waals surface area contributed by atoms with Crippen molar-refractivity contribution >= 4 is 33.1 Å². The van der Waals surface area contributed by atoms with Gasteiger partial charge in [-0.2, -0.15) is 0 Å².